The number of carbonyl (C=O) groups excluding carboxylic acids is 2. The van der Waals surface area contributed by atoms with Gasteiger partial charge in [0.25, 0.3) is 5.91 Å². The molecule has 0 saturated heterocycles. The van der Waals surface area contributed by atoms with Gasteiger partial charge >= 0.3 is 5.97 Å². The van der Waals surface area contributed by atoms with Gasteiger partial charge in [-0.15, -0.1) is 0 Å². The van der Waals surface area contributed by atoms with E-state index in [1.54, 1.807) is 24.3 Å². The third-order valence-corrected chi connectivity index (χ3v) is 4.83. The lowest BCUT2D eigenvalue weighted by Gasteiger charge is -2.12. The molecule has 8 heteroatoms. The van der Waals surface area contributed by atoms with Crippen LogP contribution in [0.1, 0.15) is 18.1 Å². The molecular weight excluding hydrogens is 452 g/mol. The van der Waals surface area contributed by atoms with Gasteiger partial charge in [0.05, 0.1) is 14.2 Å². The predicted octanol–water partition coefficient (Wildman–Crippen LogP) is 4.12. The summed E-state index contributed by atoms with van der Waals surface area (Å²) in [5.41, 5.74) is 2.20. The molecule has 0 aliphatic rings. The van der Waals surface area contributed by atoms with Crippen molar-refractivity contribution >= 4 is 39.6 Å². The van der Waals surface area contributed by atoms with Crippen molar-refractivity contribution in [2.75, 3.05) is 26.1 Å². The van der Waals surface area contributed by atoms with Crippen molar-refractivity contribution in [1.29, 1.82) is 5.26 Å². The van der Waals surface area contributed by atoms with Gasteiger partial charge in [0.2, 0.25) is 0 Å². The Morgan fingerprint density at radius 3 is 2.43 bits per heavy atom. The van der Waals surface area contributed by atoms with E-state index in [0.717, 1.165) is 12.0 Å². The number of esters is 1. The number of anilines is 1. The third kappa shape index (κ3) is 6.09. The van der Waals surface area contributed by atoms with Gasteiger partial charge in [0, 0.05) is 10.2 Å². The number of carbonyl (C=O) groups is 2. The zero-order valence-electron chi connectivity index (χ0n) is 16.8. The summed E-state index contributed by atoms with van der Waals surface area (Å²) in [6.45, 7) is 1.76. The number of amides is 1. The fourth-order valence-electron chi connectivity index (χ4n) is 2.46. The minimum atomic E-state index is -0.535. The number of nitriles is 1. The van der Waals surface area contributed by atoms with Crippen LogP contribution in [0.2, 0.25) is 0 Å². The van der Waals surface area contributed by atoms with Crippen molar-refractivity contribution in [3.05, 3.63) is 57.6 Å². The van der Waals surface area contributed by atoms with Crippen molar-refractivity contribution in [2.45, 2.75) is 13.3 Å². The number of aryl methyl sites for hydroxylation is 1. The van der Waals surface area contributed by atoms with Crippen LogP contribution < -0.4 is 14.8 Å². The van der Waals surface area contributed by atoms with Crippen molar-refractivity contribution < 1.29 is 23.8 Å². The molecular formula is C22H21BrN2O5. The minimum absolute atomic E-state index is 0.0828. The maximum Gasteiger partial charge on any atom is 0.343 e. The number of halogens is 1. The molecule has 30 heavy (non-hydrogen) atoms. The van der Waals surface area contributed by atoms with E-state index in [4.69, 9.17) is 9.47 Å². The Labute approximate surface area is 183 Å². The molecule has 2 rings (SSSR count). The largest absolute Gasteiger partial charge is 0.493 e. The Balaban J connectivity index is 2.25. The molecule has 0 radical (unpaired) electrons. The molecule has 0 aliphatic carbocycles. The monoisotopic (exact) mass is 472 g/mol. The van der Waals surface area contributed by atoms with E-state index in [2.05, 4.69) is 26.0 Å². The summed E-state index contributed by atoms with van der Waals surface area (Å²) in [4.78, 5) is 23.8. The van der Waals surface area contributed by atoms with Gasteiger partial charge in [0.1, 0.15) is 11.6 Å². The summed E-state index contributed by atoms with van der Waals surface area (Å²) < 4.78 is 15.8. The Bertz CT molecular complexity index is 994. The number of methoxy groups -OCH3 is 2. The van der Waals surface area contributed by atoms with E-state index in [9.17, 15) is 14.9 Å². The van der Waals surface area contributed by atoms with E-state index in [0.29, 0.717) is 27.2 Å². The van der Waals surface area contributed by atoms with Crippen molar-refractivity contribution in [2.24, 2.45) is 0 Å². The lowest BCUT2D eigenvalue weighted by molar-refractivity contribution is -0.142. The number of nitrogens with one attached hydrogen (secondary N) is 1. The number of nitrogens with zero attached hydrogens (tertiary/aromatic N) is 1. The maximum atomic E-state index is 12.5. The predicted molar refractivity (Wildman–Crippen MR) is 116 cm³/mol. The second kappa shape index (κ2) is 11.0. The highest BCUT2D eigenvalue weighted by molar-refractivity contribution is 9.10. The number of hydrogen-bond acceptors (Lipinski definition) is 6. The zero-order valence-corrected chi connectivity index (χ0v) is 18.4. The Morgan fingerprint density at radius 2 is 1.87 bits per heavy atom. The molecule has 0 bridgehead atoms. The Hall–Kier alpha value is -3.31. The molecule has 0 saturated carbocycles. The molecule has 1 amide bonds. The average Bonchev–Trinajstić information content (AvgIpc) is 2.76. The van der Waals surface area contributed by atoms with Crippen molar-refractivity contribution in [1.82, 2.24) is 0 Å². The van der Waals surface area contributed by atoms with Gasteiger partial charge in [-0.05, 0) is 47.9 Å². The van der Waals surface area contributed by atoms with Gasteiger partial charge in [0.15, 0.2) is 18.1 Å². The highest BCUT2D eigenvalue weighted by Gasteiger charge is 2.15. The number of hydrogen-bond donors (Lipinski definition) is 1. The van der Waals surface area contributed by atoms with E-state index in [-0.39, 0.29) is 12.2 Å². The van der Waals surface area contributed by atoms with Crippen LogP contribution in [0.15, 0.2) is 46.4 Å². The summed E-state index contributed by atoms with van der Waals surface area (Å²) >= 11 is 3.39. The second-order valence-electron chi connectivity index (χ2n) is 6.06. The first-order valence-electron chi connectivity index (χ1n) is 9.01. The zero-order chi connectivity index (χ0) is 22.1. The minimum Gasteiger partial charge on any atom is -0.493 e. The van der Waals surface area contributed by atoms with Crippen LogP contribution in [0, 0.1) is 11.3 Å². The normalized spacial score (nSPS) is 10.7. The SMILES string of the molecule is CCc1ccc(NC(=O)/C(C#N)=C/c2cc(OC)c(OCC(=O)OC)cc2Br)cc1. The lowest BCUT2D eigenvalue weighted by Crippen LogP contribution is -2.13. The maximum absolute atomic E-state index is 12.5. The molecule has 7 nitrogen and oxygen atoms in total. The Morgan fingerprint density at radius 1 is 1.17 bits per heavy atom. The summed E-state index contributed by atoms with van der Waals surface area (Å²) in [6.07, 6.45) is 2.33. The van der Waals surface area contributed by atoms with E-state index in [1.165, 1.54) is 20.3 Å². The van der Waals surface area contributed by atoms with Crippen LogP contribution in [0.4, 0.5) is 5.69 Å². The number of rotatable bonds is 8. The molecule has 1 N–H and O–H groups in total. The first-order chi connectivity index (χ1) is 14.4. The molecule has 156 valence electrons. The number of ether oxygens (including phenoxy) is 3. The molecule has 0 aromatic heterocycles. The van der Waals surface area contributed by atoms with Crippen LogP contribution in [-0.4, -0.2) is 32.7 Å². The van der Waals surface area contributed by atoms with E-state index >= 15 is 0 Å². The van der Waals surface area contributed by atoms with Gasteiger partial charge in [-0.2, -0.15) is 5.26 Å². The fourth-order valence-corrected chi connectivity index (χ4v) is 2.89. The first kappa shape index (κ1) is 23.0. The van der Waals surface area contributed by atoms with Crippen LogP contribution in [-0.2, 0) is 20.7 Å². The highest BCUT2D eigenvalue weighted by atomic mass is 79.9. The molecule has 0 aliphatic heterocycles. The molecule has 2 aromatic carbocycles. The smallest absolute Gasteiger partial charge is 0.343 e. The molecule has 0 unspecified atom stereocenters. The number of benzene rings is 2. The molecule has 0 spiro atoms. The molecule has 0 atom stereocenters. The van der Waals surface area contributed by atoms with Crippen LogP contribution in [0.5, 0.6) is 11.5 Å². The van der Waals surface area contributed by atoms with Crippen molar-refractivity contribution in [3.63, 3.8) is 0 Å². The second-order valence-corrected chi connectivity index (χ2v) is 6.92. The fraction of sp³-hybridized carbons (Fsp3) is 0.227. The van der Waals surface area contributed by atoms with Crippen molar-refractivity contribution in [3.8, 4) is 17.6 Å². The first-order valence-corrected chi connectivity index (χ1v) is 9.80. The topological polar surface area (TPSA) is 97.7 Å². The average molecular weight is 473 g/mol. The van der Waals surface area contributed by atoms with Gasteiger partial charge in [-0.25, -0.2) is 4.79 Å². The van der Waals surface area contributed by atoms with E-state index < -0.39 is 11.9 Å². The quantitative estimate of drug-likeness (QED) is 0.352. The lowest BCUT2D eigenvalue weighted by atomic mass is 10.1. The summed E-state index contributed by atoms with van der Waals surface area (Å²) in [5, 5.41) is 12.2. The molecule has 2 aromatic rings. The summed E-state index contributed by atoms with van der Waals surface area (Å²) in [7, 11) is 2.71. The highest BCUT2D eigenvalue weighted by Crippen LogP contribution is 2.34. The molecule has 0 heterocycles. The van der Waals surface area contributed by atoms with Gasteiger partial charge in [-0.3, -0.25) is 4.79 Å². The summed E-state index contributed by atoms with van der Waals surface area (Å²) in [5.74, 6) is -0.418. The van der Waals surface area contributed by atoms with Gasteiger partial charge < -0.3 is 19.5 Å². The van der Waals surface area contributed by atoms with Gasteiger partial charge in [-0.1, -0.05) is 35.0 Å². The summed E-state index contributed by atoms with van der Waals surface area (Å²) in [6, 6.07) is 12.5. The third-order valence-electron chi connectivity index (χ3n) is 4.14. The molecule has 0 fully saturated rings. The Kier molecular flexibility index (Phi) is 8.44. The van der Waals surface area contributed by atoms with Crippen LogP contribution in [0.25, 0.3) is 6.08 Å². The van der Waals surface area contributed by atoms with Crippen LogP contribution >= 0.6 is 15.9 Å². The standard InChI is InChI=1S/C22H21BrN2O5/c1-4-14-5-7-17(8-6-14)25-22(27)16(12-24)9-15-10-19(28-2)20(11-18(15)23)30-13-21(26)29-3/h5-11H,4,13H2,1-3H3,(H,25,27)/b16-9+. The van der Waals surface area contributed by atoms with E-state index in [1.807, 2.05) is 25.1 Å². The van der Waals surface area contributed by atoms with Crippen LogP contribution in [0.3, 0.4) is 0 Å².